The highest BCUT2D eigenvalue weighted by Gasteiger charge is 2.80. The van der Waals surface area contributed by atoms with E-state index < -0.39 is 29.1 Å². The molecule has 1 N–H and O–H groups in total. The van der Waals surface area contributed by atoms with Gasteiger partial charge < -0.3 is 24.5 Å². The zero-order valence-corrected chi connectivity index (χ0v) is 23.7. The van der Waals surface area contributed by atoms with Gasteiger partial charge in [0.25, 0.3) is 0 Å². The second-order valence-corrected chi connectivity index (χ2v) is 11.4. The van der Waals surface area contributed by atoms with E-state index in [9.17, 15) is 19.5 Å². The zero-order valence-electron chi connectivity index (χ0n) is 23.7. The van der Waals surface area contributed by atoms with Crippen LogP contribution in [0.1, 0.15) is 47.0 Å². The third kappa shape index (κ3) is 4.51. The highest BCUT2D eigenvalue weighted by Crippen LogP contribution is 2.65. The molecule has 4 rings (SSSR count). The van der Waals surface area contributed by atoms with Crippen molar-refractivity contribution in [2.45, 2.75) is 70.2 Å². The van der Waals surface area contributed by atoms with Gasteiger partial charge in [-0.2, -0.15) is 0 Å². The molecule has 2 bridgehead atoms. The number of β-amino-alcohol motifs (C(OH)–C–C–N with tert-alkyl or cyclic N) is 1. The highest BCUT2D eigenvalue weighted by molar-refractivity contribution is 6.03. The molecule has 1 spiro atoms. The molecule has 3 aliphatic heterocycles. The van der Waals surface area contributed by atoms with Gasteiger partial charge in [-0.15, -0.1) is 13.2 Å². The second kappa shape index (κ2) is 11.3. The van der Waals surface area contributed by atoms with Gasteiger partial charge >= 0.3 is 0 Å². The van der Waals surface area contributed by atoms with Crippen LogP contribution in [0.2, 0.25) is 0 Å². The second-order valence-electron chi connectivity index (χ2n) is 11.4. The first-order valence-electron chi connectivity index (χ1n) is 14.1. The van der Waals surface area contributed by atoms with Gasteiger partial charge in [0.2, 0.25) is 17.7 Å². The number of hydrogen-bond acceptors (Lipinski definition) is 5. The summed E-state index contributed by atoms with van der Waals surface area (Å²) in [7, 11) is 0. The summed E-state index contributed by atoms with van der Waals surface area (Å²) >= 11 is 0. The van der Waals surface area contributed by atoms with Crippen LogP contribution in [0.4, 0.5) is 5.69 Å². The number of nitrogens with zero attached hydrogens (tertiary/aromatic N) is 3. The highest BCUT2D eigenvalue weighted by atomic mass is 16.5. The van der Waals surface area contributed by atoms with Crippen LogP contribution < -0.4 is 4.90 Å². The molecule has 0 aliphatic carbocycles. The van der Waals surface area contributed by atoms with Crippen molar-refractivity contribution >= 4 is 23.4 Å². The smallest absolute Gasteiger partial charge is 0.248 e. The lowest BCUT2D eigenvalue weighted by atomic mass is 9.62. The fourth-order valence-electron chi connectivity index (χ4n) is 7.33. The number of rotatable bonds is 12. The lowest BCUT2D eigenvalue weighted by molar-refractivity contribution is -0.153. The van der Waals surface area contributed by atoms with Crippen LogP contribution in [0, 0.1) is 17.8 Å². The first-order chi connectivity index (χ1) is 18.6. The van der Waals surface area contributed by atoms with Gasteiger partial charge in [-0.3, -0.25) is 14.4 Å². The average molecular weight is 538 g/mol. The van der Waals surface area contributed by atoms with Crippen LogP contribution in [-0.2, 0) is 19.1 Å². The van der Waals surface area contributed by atoms with Gasteiger partial charge in [0.05, 0.1) is 24.0 Å². The summed E-state index contributed by atoms with van der Waals surface area (Å²) in [6, 6.07) is 8.36. The number of aliphatic hydroxyl groups excluding tert-OH is 1. The standard InChI is InChI=1S/C31H43N3O5/c1-7-13-22(5)32(16-8-2)29(38)26-31-20-21(4)30(6,39-31)24(25(31)28(37)34(26)18-19-35)27(36)33(17-9-3)23-14-11-10-12-15-23/h8-12,14-15,21-22,24-26,35H,2-3,7,13,16-20H2,1,4-6H3/t21?,22?,24-,25-,26?,30+,31?/m0/s1. The van der Waals surface area contributed by atoms with Crippen LogP contribution in [-0.4, -0.2) is 82.2 Å². The van der Waals surface area contributed by atoms with Gasteiger partial charge in [0.1, 0.15) is 11.6 Å². The number of anilines is 1. The monoisotopic (exact) mass is 537 g/mol. The minimum absolute atomic E-state index is 0.00199. The molecule has 0 radical (unpaired) electrons. The summed E-state index contributed by atoms with van der Waals surface area (Å²) in [5.74, 6) is -2.40. The maximum atomic E-state index is 14.4. The van der Waals surface area contributed by atoms with Crippen molar-refractivity contribution in [3.8, 4) is 0 Å². The molecule has 212 valence electrons. The van der Waals surface area contributed by atoms with Gasteiger partial charge in [-0.05, 0) is 44.7 Å². The van der Waals surface area contributed by atoms with E-state index in [1.807, 2.05) is 51.1 Å². The van der Waals surface area contributed by atoms with Crippen LogP contribution in [0.15, 0.2) is 55.6 Å². The summed E-state index contributed by atoms with van der Waals surface area (Å²) < 4.78 is 6.84. The quantitative estimate of drug-likeness (QED) is 0.413. The minimum Gasteiger partial charge on any atom is -0.395 e. The largest absolute Gasteiger partial charge is 0.395 e. The predicted molar refractivity (Wildman–Crippen MR) is 151 cm³/mol. The molecule has 0 saturated carbocycles. The fraction of sp³-hybridized carbons (Fsp3) is 0.581. The Balaban J connectivity index is 1.81. The number of amides is 3. The Morgan fingerprint density at radius 3 is 2.46 bits per heavy atom. The molecule has 3 heterocycles. The third-order valence-corrected chi connectivity index (χ3v) is 9.15. The Morgan fingerprint density at radius 2 is 1.87 bits per heavy atom. The van der Waals surface area contributed by atoms with Crippen molar-refractivity contribution in [1.29, 1.82) is 0 Å². The van der Waals surface area contributed by atoms with E-state index in [4.69, 9.17) is 4.74 Å². The Labute approximate surface area is 232 Å². The van der Waals surface area contributed by atoms with Crippen LogP contribution in [0.3, 0.4) is 0 Å². The third-order valence-electron chi connectivity index (χ3n) is 9.15. The number of fused-ring (bicyclic) bond motifs is 1. The molecule has 8 heteroatoms. The van der Waals surface area contributed by atoms with E-state index in [0.29, 0.717) is 18.7 Å². The first-order valence-corrected chi connectivity index (χ1v) is 14.1. The Bertz CT molecular complexity index is 1110. The van der Waals surface area contributed by atoms with Gasteiger partial charge in [0, 0.05) is 31.4 Å². The lowest BCUT2D eigenvalue weighted by Gasteiger charge is -2.39. The molecule has 0 aromatic heterocycles. The molecule has 4 unspecified atom stereocenters. The Hall–Kier alpha value is -2.97. The van der Waals surface area contributed by atoms with Crippen molar-refractivity contribution < 1.29 is 24.2 Å². The normalized spacial score (nSPS) is 31.6. The van der Waals surface area contributed by atoms with E-state index in [1.54, 1.807) is 22.0 Å². The maximum Gasteiger partial charge on any atom is 0.248 e. The minimum atomic E-state index is -1.15. The summed E-state index contributed by atoms with van der Waals surface area (Å²) in [5, 5.41) is 9.93. The number of ether oxygens (including phenoxy) is 1. The summed E-state index contributed by atoms with van der Waals surface area (Å²) in [4.78, 5) is 47.8. The van der Waals surface area contributed by atoms with Crippen molar-refractivity contribution in [3.05, 3.63) is 55.6 Å². The number of carbonyl (C=O) groups is 3. The van der Waals surface area contributed by atoms with Crippen molar-refractivity contribution in [2.75, 3.05) is 31.1 Å². The summed E-state index contributed by atoms with van der Waals surface area (Å²) in [5.41, 5.74) is -1.36. The molecule has 3 aliphatic rings. The average Bonchev–Trinajstić information content (AvgIpc) is 3.42. The molecule has 8 nitrogen and oxygen atoms in total. The SMILES string of the molecule is C=CCN(C(=O)[C@@H]1[C@H]2C(=O)N(CCO)C(C(=O)N(CC=C)C(C)CCC)C23CC(C)[C@@]1(C)O3)c1ccccc1. The van der Waals surface area contributed by atoms with Gasteiger partial charge in [0.15, 0.2) is 0 Å². The summed E-state index contributed by atoms with van der Waals surface area (Å²) in [6.45, 7) is 16.1. The lowest BCUT2D eigenvalue weighted by Crippen LogP contribution is -2.58. The van der Waals surface area contributed by atoms with E-state index in [-0.39, 0.29) is 49.4 Å². The van der Waals surface area contributed by atoms with Crippen molar-refractivity contribution in [3.63, 3.8) is 0 Å². The molecule has 1 aromatic rings. The maximum absolute atomic E-state index is 14.4. The van der Waals surface area contributed by atoms with Crippen LogP contribution >= 0.6 is 0 Å². The number of aliphatic hydroxyl groups is 1. The van der Waals surface area contributed by atoms with Crippen molar-refractivity contribution in [1.82, 2.24) is 9.80 Å². The Kier molecular flexibility index (Phi) is 8.38. The number of likely N-dealkylation sites (tertiary alicyclic amines) is 1. The van der Waals surface area contributed by atoms with Crippen molar-refractivity contribution in [2.24, 2.45) is 17.8 Å². The molecule has 1 aromatic carbocycles. The van der Waals surface area contributed by atoms with E-state index in [2.05, 4.69) is 20.1 Å². The predicted octanol–water partition coefficient (Wildman–Crippen LogP) is 3.41. The topological polar surface area (TPSA) is 90.4 Å². The van der Waals surface area contributed by atoms with E-state index in [1.165, 1.54) is 4.90 Å². The zero-order chi connectivity index (χ0) is 28.5. The number of carbonyl (C=O) groups excluding carboxylic acids is 3. The molecular formula is C31H43N3O5. The molecular weight excluding hydrogens is 494 g/mol. The van der Waals surface area contributed by atoms with Gasteiger partial charge in [-0.25, -0.2) is 0 Å². The van der Waals surface area contributed by atoms with Gasteiger partial charge in [-0.1, -0.05) is 50.6 Å². The number of para-hydroxylation sites is 1. The van der Waals surface area contributed by atoms with E-state index >= 15 is 0 Å². The van der Waals surface area contributed by atoms with E-state index in [0.717, 1.165) is 12.8 Å². The molecule has 3 amide bonds. The molecule has 7 atom stereocenters. The number of benzene rings is 1. The first kappa shape index (κ1) is 29.0. The Morgan fingerprint density at radius 1 is 1.21 bits per heavy atom. The summed E-state index contributed by atoms with van der Waals surface area (Å²) in [6.07, 6.45) is 5.56. The molecule has 39 heavy (non-hydrogen) atoms. The number of hydrogen-bond donors (Lipinski definition) is 1. The van der Waals surface area contributed by atoms with Crippen LogP contribution in [0.5, 0.6) is 0 Å². The van der Waals surface area contributed by atoms with Crippen LogP contribution in [0.25, 0.3) is 0 Å². The molecule has 3 fully saturated rings. The molecule has 3 saturated heterocycles. The fourth-order valence-corrected chi connectivity index (χ4v) is 7.33.